The maximum absolute atomic E-state index is 3.54. The van der Waals surface area contributed by atoms with Crippen LogP contribution in [0.15, 0.2) is 0 Å². The van der Waals surface area contributed by atoms with Crippen LogP contribution in [-0.4, -0.2) is 17.5 Å². The minimum atomic E-state index is 0.893. The Morgan fingerprint density at radius 1 is 1.08 bits per heavy atom. The standard InChI is InChI=1S/C11H24IN/c1-3-11(4-2)10-13-9-7-5-6-8-12/h11,13H,3-10H2,1-2H3. The minimum absolute atomic E-state index is 0.893. The van der Waals surface area contributed by atoms with Gasteiger partial charge in [0.25, 0.3) is 0 Å². The molecule has 0 bridgehead atoms. The van der Waals surface area contributed by atoms with Crippen LogP contribution in [-0.2, 0) is 0 Å². The maximum Gasteiger partial charge on any atom is -0.000472 e. The molecule has 0 heterocycles. The fraction of sp³-hybridized carbons (Fsp3) is 1.00. The molecule has 80 valence electrons. The molecule has 0 spiro atoms. The van der Waals surface area contributed by atoms with Crippen molar-refractivity contribution in [3.8, 4) is 0 Å². The summed E-state index contributed by atoms with van der Waals surface area (Å²) in [7, 11) is 0. The lowest BCUT2D eigenvalue weighted by atomic mass is 10.0. The monoisotopic (exact) mass is 297 g/mol. The van der Waals surface area contributed by atoms with Gasteiger partial charge in [-0.25, -0.2) is 0 Å². The molecule has 0 unspecified atom stereocenters. The van der Waals surface area contributed by atoms with Gasteiger partial charge in [-0.2, -0.15) is 0 Å². The van der Waals surface area contributed by atoms with Gasteiger partial charge in [0.1, 0.15) is 0 Å². The SMILES string of the molecule is CCC(CC)CNCCCCCI. The van der Waals surface area contributed by atoms with Gasteiger partial charge in [-0.05, 0) is 36.3 Å². The highest BCUT2D eigenvalue weighted by Crippen LogP contribution is 2.05. The van der Waals surface area contributed by atoms with Crippen molar-refractivity contribution < 1.29 is 0 Å². The van der Waals surface area contributed by atoms with E-state index in [9.17, 15) is 0 Å². The number of nitrogens with one attached hydrogen (secondary N) is 1. The maximum atomic E-state index is 3.54. The summed E-state index contributed by atoms with van der Waals surface area (Å²) in [6, 6.07) is 0. The molecule has 0 atom stereocenters. The van der Waals surface area contributed by atoms with Crippen LogP contribution < -0.4 is 5.32 Å². The van der Waals surface area contributed by atoms with E-state index in [1.165, 1.54) is 49.6 Å². The van der Waals surface area contributed by atoms with Crippen LogP contribution in [0.2, 0.25) is 0 Å². The fourth-order valence-corrected chi connectivity index (χ4v) is 1.94. The normalized spacial score (nSPS) is 11.1. The summed E-state index contributed by atoms with van der Waals surface area (Å²) in [5.74, 6) is 0.893. The lowest BCUT2D eigenvalue weighted by Gasteiger charge is -2.12. The first kappa shape index (κ1) is 13.7. The van der Waals surface area contributed by atoms with Crippen molar-refractivity contribution in [2.24, 2.45) is 5.92 Å². The molecule has 1 N–H and O–H groups in total. The average Bonchev–Trinajstić information content (AvgIpc) is 2.17. The molecule has 0 saturated carbocycles. The minimum Gasteiger partial charge on any atom is -0.316 e. The quantitative estimate of drug-likeness (QED) is 0.389. The van der Waals surface area contributed by atoms with Crippen molar-refractivity contribution in [1.82, 2.24) is 5.32 Å². The zero-order valence-electron chi connectivity index (χ0n) is 9.11. The summed E-state index contributed by atoms with van der Waals surface area (Å²) in [4.78, 5) is 0. The van der Waals surface area contributed by atoms with Crippen molar-refractivity contribution in [2.75, 3.05) is 17.5 Å². The first-order chi connectivity index (χ1) is 6.35. The lowest BCUT2D eigenvalue weighted by molar-refractivity contribution is 0.445. The van der Waals surface area contributed by atoms with Gasteiger partial charge in [-0.3, -0.25) is 0 Å². The second-order valence-corrected chi connectivity index (χ2v) is 4.72. The van der Waals surface area contributed by atoms with Crippen molar-refractivity contribution in [3.63, 3.8) is 0 Å². The van der Waals surface area contributed by atoms with Crippen molar-refractivity contribution in [3.05, 3.63) is 0 Å². The summed E-state index contributed by atoms with van der Waals surface area (Å²) in [6.45, 7) is 7.00. The van der Waals surface area contributed by atoms with Gasteiger partial charge in [0, 0.05) is 0 Å². The highest BCUT2D eigenvalue weighted by molar-refractivity contribution is 14.1. The molecular weight excluding hydrogens is 273 g/mol. The molecule has 0 amide bonds. The van der Waals surface area contributed by atoms with Gasteiger partial charge in [0.2, 0.25) is 0 Å². The topological polar surface area (TPSA) is 12.0 Å². The van der Waals surface area contributed by atoms with Gasteiger partial charge in [-0.15, -0.1) is 0 Å². The predicted molar refractivity (Wildman–Crippen MR) is 69.7 cm³/mol. The zero-order valence-corrected chi connectivity index (χ0v) is 11.3. The first-order valence-corrected chi connectivity index (χ1v) is 7.14. The summed E-state index contributed by atoms with van der Waals surface area (Å²) >= 11 is 2.45. The fourth-order valence-electron chi connectivity index (χ4n) is 1.40. The summed E-state index contributed by atoms with van der Waals surface area (Å²) < 4.78 is 1.31. The van der Waals surface area contributed by atoms with E-state index in [-0.39, 0.29) is 0 Å². The lowest BCUT2D eigenvalue weighted by Crippen LogP contribution is -2.23. The molecule has 0 aliphatic heterocycles. The third kappa shape index (κ3) is 9.01. The summed E-state index contributed by atoms with van der Waals surface area (Å²) in [6.07, 6.45) is 6.75. The molecule has 0 radical (unpaired) electrons. The van der Waals surface area contributed by atoms with E-state index in [0.717, 1.165) is 5.92 Å². The molecule has 0 aliphatic rings. The smallest absolute Gasteiger partial charge is 0.000472 e. The molecular formula is C11H24IN. The van der Waals surface area contributed by atoms with Gasteiger partial charge < -0.3 is 5.32 Å². The Morgan fingerprint density at radius 2 is 1.77 bits per heavy atom. The van der Waals surface area contributed by atoms with Crippen molar-refractivity contribution in [1.29, 1.82) is 0 Å². The van der Waals surface area contributed by atoms with E-state index in [1.807, 2.05) is 0 Å². The molecule has 0 aromatic heterocycles. The molecule has 2 heteroatoms. The van der Waals surface area contributed by atoms with E-state index in [2.05, 4.69) is 41.8 Å². The third-order valence-corrected chi connectivity index (χ3v) is 3.34. The van der Waals surface area contributed by atoms with Crippen LogP contribution in [0.4, 0.5) is 0 Å². The van der Waals surface area contributed by atoms with Gasteiger partial charge >= 0.3 is 0 Å². The van der Waals surface area contributed by atoms with E-state index < -0.39 is 0 Å². The Labute approximate surface area is 97.2 Å². The van der Waals surface area contributed by atoms with Crippen LogP contribution >= 0.6 is 22.6 Å². The van der Waals surface area contributed by atoms with Crippen molar-refractivity contribution in [2.45, 2.75) is 46.0 Å². The van der Waals surface area contributed by atoms with Crippen molar-refractivity contribution >= 4 is 22.6 Å². The van der Waals surface area contributed by atoms with Crippen LogP contribution in [0.5, 0.6) is 0 Å². The van der Waals surface area contributed by atoms with Crippen LogP contribution in [0, 0.1) is 5.92 Å². The molecule has 13 heavy (non-hydrogen) atoms. The third-order valence-electron chi connectivity index (χ3n) is 2.57. The molecule has 0 rings (SSSR count). The molecule has 0 aliphatic carbocycles. The highest BCUT2D eigenvalue weighted by atomic mass is 127. The number of hydrogen-bond acceptors (Lipinski definition) is 1. The van der Waals surface area contributed by atoms with E-state index in [0.29, 0.717) is 0 Å². The van der Waals surface area contributed by atoms with E-state index in [1.54, 1.807) is 0 Å². The number of halogens is 1. The number of hydrogen-bond donors (Lipinski definition) is 1. The highest BCUT2D eigenvalue weighted by Gasteiger charge is 2.00. The summed E-state index contributed by atoms with van der Waals surface area (Å²) in [5.41, 5.74) is 0. The number of rotatable bonds is 9. The van der Waals surface area contributed by atoms with Gasteiger partial charge in [-0.1, -0.05) is 55.7 Å². The number of unbranched alkanes of at least 4 members (excludes halogenated alkanes) is 2. The van der Waals surface area contributed by atoms with E-state index >= 15 is 0 Å². The first-order valence-electron chi connectivity index (χ1n) is 5.61. The van der Waals surface area contributed by atoms with Gasteiger partial charge in [0.15, 0.2) is 0 Å². The second kappa shape index (κ2) is 10.8. The molecule has 0 saturated heterocycles. The van der Waals surface area contributed by atoms with Crippen LogP contribution in [0.1, 0.15) is 46.0 Å². The second-order valence-electron chi connectivity index (χ2n) is 3.64. The Morgan fingerprint density at radius 3 is 2.31 bits per heavy atom. The Hall–Kier alpha value is 0.690. The van der Waals surface area contributed by atoms with Crippen LogP contribution in [0.25, 0.3) is 0 Å². The number of alkyl halides is 1. The Bertz CT molecular complexity index is 92.1. The zero-order chi connectivity index (χ0) is 9.94. The predicted octanol–water partition coefficient (Wildman–Crippen LogP) is 3.62. The Balaban J connectivity index is 3.05. The average molecular weight is 297 g/mol. The van der Waals surface area contributed by atoms with Gasteiger partial charge in [0.05, 0.1) is 0 Å². The molecule has 0 aromatic rings. The van der Waals surface area contributed by atoms with E-state index in [4.69, 9.17) is 0 Å². The molecule has 0 fully saturated rings. The molecule has 1 nitrogen and oxygen atoms in total. The Kier molecular flexibility index (Phi) is 11.3. The molecule has 0 aromatic carbocycles. The largest absolute Gasteiger partial charge is 0.316 e. The summed E-state index contributed by atoms with van der Waals surface area (Å²) in [5, 5.41) is 3.54. The van der Waals surface area contributed by atoms with Crippen LogP contribution in [0.3, 0.4) is 0 Å².